The van der Waals surface area contributed by atoms with Gasteiger partial charge in [0.25, 0.3) is 0 Å². The van der Waals surface area contributed by atoms with Crippen LogP contribution in [-0.4, -0.2) is 23.6 Å². The molecule has 0 atom stereocenters. The molecule has 0 amide bonds. The average molecular weight is 415 g/mol. The number of rotatable bonds is 20. The lowest BCUT2D eigenvalue weighted by Crippen LogP contribution is -2.17. The second-order valence-corrected chi connectivity index (χ2v) is 8.11. The Bertz CT molecular complexity index is 621. The molecular formula is C26H38O4. The number of benzene rings is 1. The Labute approximate surface area is 181 Å². The van der Waals surface area contributed by atoms with E-state index in [9.17, 15) is 19.2 Å². The highest BCUT2D eigenvalue weighted by Gasteiger charge is 2.18. The van der Waals surface area contributed by atoms with E-state index in [0.29, 0.717) is 12.0 Å². The van der Waals surface area contributed by atoms with E-state index in [1.54, 1.807) is 24.3 Å². The molecule has 4 heteroatoms. The zero-order valence-corrected chi connectivity index (χ0v) is 18.4. The number of carbonyl (C=O) groups is 4. The second kappa shape index (κ2) is 17.7. The van der Waals surface area contributed by atoms with Gasteiger partial charge in [-0.3, -0.25) is 14.4 Å². The highest BCUT2D eigenvalue weighted by molar-refractivity contribution is 6.41. The Balaban J connectivity index is 1.91. The van der Waals surface area contributed by atoms with E-state index in [1.165, 1.54) is 57.8 Å². The Morgan fingerprint density at radius 3 is 1.57 bits per heavy atom. The third-order valence-electron chi connectivity index (χ3n) is 5.45. The third kappa shape index (κ3) is 13.2. The lowest BCUT2D eigenvalue weighted by Gasteiger charge is -2.03. The van der Waals surface area contributed by atoms with Crippen molar-refractivity contribution in [2.75, 3.05) is 0 Å². The highest BCUT2D eigenvalue weighted by atomic mass is 16.2. The Hall–Kier alpha value is -2.10. The van der Waals surface area contributed by atoms with E-state index < -0.39 is 11.6 Å². The van der Waals surface area contributed by atoms with Crippen LogP contribution in [0.15, 0.2) is 30.3 Å². The number of ketones is 3. The molecule has 0 radical (unpaired) electrons. The number of hydrogen-bond donors (Lipinski definition) is 0. The summed E-state index contributed by atoms with van der Waals surface area (Å²) >= 11 is 0. The molecule has 0 saturated heterocycles. The number of carbonyl (C=O) groups excluding carboxylic acids is 4. The lowest BCUT2D eigenvalue weighted by molar-refractivity contribution is -0.136. The maximum Gasteiger partial charge on any atom is 0.206 e. The van der Waals surface area contributed by atoms with E-state index in [1.807, 2.05) is 6.07 Å². The molecule has 1 rings (SSSR count). The van der Waals surface area contributed by atoms with Crippen molar-refractivity contribution < 1.29 is 19.2 Å². The topological polar surface area (TPSA) is 68.3 Å². The van der Waals surface area contributed by atoms with E-state index in [-0.39, 0.29) is 18.6 Å². The summed E-state index contributed by atoms with van der Waals surface area (Å²) in [4.78, 5) is 46.1. The number of Topliss-reactive ketones (excluding diaryl/α,β-unsaturated/α-hetero) is 3. The van der Waals surface area contributed by atoms with Gasteiger partial charge in [-0.15, -0.1) is 0 Å². The lowest BCUT2D eigenvalue weighted by atomic mass is 10.0. The minimum atomic E-state index is -0.562. The summed E-state index contributed by atoms with van der Waals surface area (Å²) < 4.78 is 0. The molecule has 0 fully saturated rings. The van der Waals surface area contributed by atoms with E-state index in [4.69, 9.17) is 0 Å². The van der Waals surface area contributed by atoms with Crippen molar-refractivity contribution in [1.82, 2.24) is 0 Å². The van der Waals surface area contributed by atoms with Crippen molar-refractivity contribution in [3.63, 3.8) is 0 Å². The molecule has 0 saturated carbocycles. The Kier molecular flexibility index (Phi) is 15.3. The molecule has 0 aliphatic heterocycles. The molecule has 4 nitrogen and oxygen atoms in total. The van der Waals surface area contributed by atoms with Gasteiger partial charge in [-0.2, -0.15) is 0 Å². The molecule has 166 valence electrons. The van der Waals surface area contributed by atoms with Crippen LogP contribution in [0.25, 0.3) is 0 Å². The van der Waals surface area contributed by atoms with Crippen molar-refractivity contribution in [1.29, 1.82) is 0 Å². The fourth-order valence-corrected chi connectivity index (χ4v) is 3.57. The second-order valence-electron chi connectivity index (χ2n) is 8.11. The van der Waals surface area contributed by atoms with Gasteiger partial charge in [-0.1, -0.05) is 101 Å². The first-order valence-corrected chi connectivity index (χ1v) is 11.7. The minimum absolute atomic E-state index is 0.258. The summed E-state index contributed by atoms with van der Waals surface area (Å²) in [6.07, 6.45) is 16.8. The van der Waals surface area contributed by atoms with Crippen molar-refractivity contribution in [3.05, 3.63) is 35.9 Å². The summed E-state index contributed by atoms with van der Waals surface area (Å²) in [6.45, 7) is 0. The SMILES string of the molecule is O=CCCCCCCCCCCCCCCCC(=O)C(=O)CC(=O)c1ccccc1. The minimum Gasteiger partial charge on any atom is -0.303 e. The number of aldehydes is 1. The summed E-state index contributed by atoms with van der Waals surface area (Å²) in [5.41, 5.74) is 0.480. The first-order valence-electron chi connectivity index (χ1n) is 11.7. The standard InChI is InChI=1S/C26H38O4/c27-21-17-12-10-8-6-4-2-1-3-5-7-9-11-16-20-24(28)26(30)22-25(29)23-18-14-13-15-19-23/h13-15,18-19,21H,1-12,16-17,20,22H2. The van der Waals surface area contributed by atoms with Crippen LogP contribution in [-0.2, 0) is 14.4 Å². The average Bonchev–Trinajstić information content (AvgIpc) is 2.76. The molecule has 1 aromatic rings. The zero-order valence-electron chi connectivity index (χ0n) is 18.4. The quantitative estimate of drug-likeness (QED) is 0.0808. The van der Waals surface area contributed by atoms with Crippen LogP contribution in [0.5, 0.6) is 0 Å². The van der Waals surface area contributed by atoms with Gasteiger partial charge in [0.1, 0.15) is 6.29 Å². The molecule has 0 heterocycles. The van der Waals surface area contributed by atoms with Crippen LogP contribution < -0.4 is 0 Å². The monoisotopic (exact) mass is 414 g/mol. The van der Waals surface area contributed by atoms with Crippen LogP contribution in [0.3, 0.4) is 0 Å². The van der Waals surface area contributed by atoms with Gasteiger partial charge >= 0.3 is 0 Å². The molecule has 0 unspecified atom stereocenters. The summed E-state index contributed by atoms with van der Waals surface area (Å²) in [6, 6.07) is 8.64. The molecule has 0 N–H and O–H groups in total. The van der Waals surface area contributed by atoms with Gasteiger partial charge in [-0.25, -0.2) is 0 Å². The zero-order chi connectivity index (χ0) is 21.9. The molecule has 0 aliphatic carbocycles. The van der Waals surface area contributed by atoms with Crippen molar-refractivity contribution in [2.24, 2.45) is 0 Å². The van der Waals surface area contributed by atoms with Gasteiger partial charge in [0.15, 0.2) is 11.6 Å². The molecule has 1 aromatic carbocycles. The van der Waals surface area contributed by atoms with Gasteiger partial charge < -0.3 is 4.79 Å². The normalized spacial score (nSPS) is 10.7. The molecular weight excluding hydrogens is 376 g/mol. The fraction of sp³-hybridized carbons (Fsp3) is 0.615. The van der Waals surface area contributed by atoms with E-state index >= 15 is 0 Å². The maximum atomic E-state index is 12.0. The number of unbranched alkanes of at least 4 members (excludes halogenated alkanes) is 13. The Morgan fingerprint density at radius 1 is 0.600 bits per heavy atom. The van der Waals surface area contributed by atoms with Crippen LogP contribution in [0, 0.1) is 0 Å². The summed E-state index contributed by atoms with van der Waals surface area (Å²) in [5.74, 6) is -1.26. The third-order valence-corrected chi connectivity index (χ3v) is 5.45. The van der Waals surface area contributed by atoms with Crippen molar-refractivity contribution in [2.45, 2.75) is 103 Å². The Morgan fingerprint density at radius 2 is 1.07 bits per heavy atom. The molecule has 0 bridgehead atoms. The maximum absolute atomic E-state index is 12.0. The largest absolute Gasteiger partial charge is 0.303 e. The van der Waals surface area contributed by atoms with Crippen LogP contribution in [0.2, 0.25) is 0 Å². The highest BCUT2D eigenvalue weighted by Crippen LogP contribution is 2.13. The van der Waals surface area contributed by atoms with E-state index in [2.05, 4.69) is 0 Å². The van der Waals surface area contributed by atoms with Crippen LogP contribution in [0.4, 0.5) is 0 Å². The van der Waals surface area contributed by atoms with Gasteiger partial charge in [0, 0.05) is 18.4 Å². The van der Waals surface area contributed by atoms with Gasteiger partial charge in [0.2, 0.25) is 5.78 Å². The predicted octanol–water partition coefficient (Wildman–Crippen LogP) is 6.45. The predicted molar refractivity (Wildman–Crippen MR) is 121 cm³/mol. The van der Waals surface area contributed by atoms with Crippen LogP contribution >= 0.6 is 0 Å². The van der Waals surface area contributed by atoms with Crippen molar-refractivity contribution in [3.8, 4) is 0 Å². The fourth-order valence-electron chi connectivity index (χ4n) is 3.57. The first-order chi connectivity index (χ1) is 14.6. The molecule has 0 aliphatic rings. The van der Waals surface area contributed by atoms with Crippen molar-refractivity contribution >= 4 is 23.6 Å². The molecule has 30 heavy (non-hydrogen) atoms. The van der Waals surface area contributed by atoms with Crippen LogP contribution in [0.1, 0.15) is 113 Å². The molecule has 0 aromatic heterocycles. The molecule has 0 spiro atoms. The summed E-state index contributed by atoms with van der Waals surface area (Å²) in [7, 11) is 0. The summed E-state index contributed by atoms with van der Waals surface area (Å²) in [5, 5.41) is 0. The first kappa shape index (κ1) is 25.9. The van der Waals surface area contributed by atoms with Gasteiger partial charge in [0.05, 0.1) is 6.42 Å². The van der Waals surface area contributed by atoms with Gasteiger partial charge in [-0.05, 0) is 12.8 Å². The number of hydrogen-bond acceptors (Lipinski definition) is 4. The smallest absolute Gasteiger partial charge is 0.206 e. The van der Waals surface area contributed by atoms with E-state index in [0.717, 1.165) is 32.0 Å².